The first-order chi connectivity index (χ1) is 19.3. The number of amides is 3. The molecule has 0 spiro atoms. The van der Waals surface area contributed by atoms with Crippen LogP contribution in [0.1, 0.15) is 122 Å². The summed E-state index contributed by atoms with van der Waals surface area (Å²) in [6, 6.07) is 4.46. The fourth-order valence-electron chi connectivity index (χ4n) is 5.04. The van der Waals surface area contributed by atoms with Gasteiger partial charge in [0, 0.05) is 12.6 Å². The molecule has 0 radical (unpaired) electrons. The zero-order chi connectivity index (χ0) is 31.0. The Morgan fingerprint density at radius 2 is 1.51 bits per heavy atom. The number of benzene rings is 1. The second kappa shape index (κ2) is 19.1. The van der Waals surface area contributed by atoms with Gasteiger partial charge in [-0.1, -0.05) is 81.7 Å². The normalized spacial score (nSPS) is 13.7. The Morgan fingerprint density at radius 3 is 2.07 bits per heavy atom. The van der Waals surface area contributed by atoms with Crippen LogP contribution in [0.3, 0.4) is 0 Å². The van der Waals surface area contributed by atoms with E-state index in [1.807, 2.05) is 39.2 Å². The van der Waals surface area contributed by atoms with Crippen molar-refractivity contribution >= 4 is 29.7 Å². The number of thioether (sulfide) groups is 1. The second-order valence-corrected chi connectivity index (χ2v) is 13.3. The Bertz CT molecular complexity index is 927. The Labute approximate surface area is 254 Å². The zero-order valence-corrected chi connectivity index (χ0v) is 28.0. The number of hydrogen-bond donors (Lipinski definition) is 2. The molecule has 3 atom stereocenters. The molecule has 3 unspecified atom stereocenters. The fourth-order valence-corrected chi connectivity index (χ4v) is 5.51. The predicted molar refractivity (Wildman–Crippen MR) is 172 cm³/mol. The highest BCUT2D eigenvalue weighted by Crippen LogP contribution is 2.27. The highest BCUT2D eigenvalue weighted by atomic mass is 32.2. The van der Waals surface area contributed by atoms with E-state index in [-0.39, 0.29) is 17.9 Å². The minimum absolute atomic E-state index is 0.0147. The number of nitrogens with zero attached hydrogens (tertiary/aromatic N) is 1. The minimum atomic E-state index is -0.799. The van der Waals surface area contributed by atoms with E-state index in [4.69, 9.17) is 4.74 Å². The number of rotatable bonds is 18. The number of alkyl carbamates (subject to hydrolysis) is 1. The summed E-state index contributed by atoms with van der Waals surface area (Å²) in [6.07, 6.45) is 9.99. The summed E-state index contributed by atoms with van der Waals surface area (Å²) in [4.78, 5) is 42.9. The first-order valence-electron chi connectivity index (χ1n) is 15.5. The second-order valence-electron chi connectivity index (χ2n) is 12.3. The third kappa shape index (κ3) is 14.5. The average Bonchev–Trinajstić information content (AvgIpc) is 2.85. The van der Waals surface area contributed by atoms with Gasteiger partial charge < -0.3 is 20.3 Å². The van der Waals surface area contributed by atoms with E-state index in [0.29, 0.717) is 18.7 Å². The van der Waals surface area contributed by atoms with E-state index < -0.39 is 23.8 Å². The molecule has 2 N–H and O–H groups in total. The Kier molecular flexibility index (Phi) is 17.1. The molecule has 0 saturated heterocycles. The van der Waals surface area contributed by atoms with Crippen molar-refractivity contribution in [3.05, 3.63) is 34.9 Å². The van der Waals surface area contributed by atoms with Crippen molar-refractivity contribution in [3.8, 4) is 0 Å². The van der Waals surface area contributed by atoms with Crippen LogP contribution in [-0.2, 0) is 14.3 Å². The van der Waals surface area contributed by atoms with E-state index in [0.717, 1.165) is 55.2 Å². The van der Waals surface area contributed by atoms with Crippen LogP contribution in [-0.4, -0.2) is 59.0 Å². The molecule has 1 aromatic rings. The lowest BCUT2D eigenvalue weighted by Gasteiger charge is -2.35. The average molecular weight is 592 g/mol. The van der Waals surface area contributed by atoms with Gasteiger partial charge in [0.15, 0.2) is 0 Å². The third-order valence-corrected chi connectivity index (χ3v) is 7.51. The molecule has 234 valence electrons. The van der Waals surface area contributed by atoms with Crippen molar-refractivity contribution in [2.75, 3.05) is 18.6 Å². The topological polar surface area (TPSA) is 87.7 Å². The van der Waals surface area contributed by atoms with Gasteiger partial charge in [0.1, 0.15) is 17.7 Å². The predicted octanol–water partition coefficient (Wildman–Crippen LogP) is 7.48. The largest absolute Gasteiger partial charge is 0.444 e. The molecule has 0 bridgehead atoms. The molecule has 8 heteroatoms. The fraction of sp³-hybridized carbons (Fsp3) is 0.727. The summed E-state index contributed by atoms with van der Waals surface area (Å²) in [5, 5.41) is 6.02. The molecular formula is C33H57N3O4S. The van der Waals surface area contributed by atoms with Crippen LogP contribution < -0.4 is 10.6 Å². The summed E-state index contributed by atoms with van der Waals surface area (Å²) in [7, 11) is 0. The van der Waals surface area contributed by atoms with Gasteiger partial charge in [-0.05, 0) is 78.4 Å². The number of nitrogens with one attached hydrogen (secondary N) is 2. The van der Waals surface area contributed by atoms with Crippen molar-refractivity contribution in [1.29, 1.82) is 0 Å². The van der Waals surface area contributed by atoms with E-state index in [1.54, 1.807) is 37.4 Å². The summed E-state index contributed by atoms with van der Waals surface area (Å²) < 4.78 is 5.51. The molecule has 1 rings (SSSR count). The lowest BCUT2D eigenvalue weighted by atomic mass is 9.97. The molecular weight excluding hydrogens is 534 g/mol. The maximum absolute atomic E-state index is 14.4. The van der Waals surface area contributed by atoms with E-state index >= 15 is 0 Å². The maximum Gasteiger partial charge on any atom is 0.408 e. The summed E-state index contributed by atoms with van der Waals surface area (Å²) in [5.74, 6) is 0.252. The minimum Gasteiger partial charge on any atom is -0.444 e. The van der Waals surface area contributed by atoms with Gasteiger partial charge >= 0.3 is 6.09 Å². The number of aryl methyl sites for hydroxylation is 2. The molecule has 0 aliphatic carbocycles. The van der Waals surface area contributed by atoms with Crippen LogP contribution in [0, 0.1) is 13.8 Å². The number of carbonyl (C=O) groups is 3. The van der Waals surface area contributed by atoms with Crippen LogP contribution >= 0.6 is 11.8 Å². The third-order valence-electron chi connectivity index (χ3n) is 6.87. The summed E-state index contributed by atoms with van der Waals surface area (Å²) in [5.41, 5.74) is 2.19. The monoisotopic (exact) mass is 591 g/mol. The number of unbranched alkanes of at least 4 members (excludes halogenated alkanes) is 5. The standard InChI is InChI=1S/C33H57N3O4S/c1-10-12-13-14-15-16-19-36(31(38)28(18-20-41-9)35-32(39)40-33(6,7)8)29(30(37)34-26(5)17-11-2)27-22-24(3)21-25(4)23-27/h21-23,26,28-29H,10-20H2,1-9H3,(H,34,37)(H,35,39). The van der Waals surface area contributed by atoms with E-state index in [1.165, 1.54) is 12.8 Å². The number of carbonyl (C=O) groups excluding carboxylic acids is 3. The van der Waals surface area contributed by atoms with Crippen LogP contribution in [0.25, 0.3) is 0 Å². The van der Waals surface area contributed by atoms with E-state index in [2.05, 4.69) is 30.5 Å². The molecule has 0 aromatic heterocycles. The first kappa shape index (κ1) is 36.8. The molecule has 0 fully saturated rings. The Balaban J connectivity index is 3.51. The van der Waals surface area contributed by atoms with Gasteiger partial charge in [0.05, 0.1) is 0 Å². The highest BCUT2D eigenvalue weighted by molar-refractivity contribution is 7.98. The Hall–Kier alpha value is -2.22. The molecule has 0 aliphatic rings. The first-order valence-corrected chi connectivity index (χ1v) is 16.9. The van der Waals surface area contributed by atoms with Crippen LogP contribution in [0.15, 0.2) is 18.2 Å². The van der Waals surface area contributed by atoms with Crippen molar-refractivity contribution in [2.45, 2.75) is 137 Å². The summed E-state index contributed by atoms with van der Waals surface area (Å²) in [6.45, 7) is 16.1. The van der Waals surface area contributed by atoms with Gasteiger partial charge in [-0.15, -0.1) is 0 Å². The van der Waals surface area contributed by atoms with Crippen LogP contribution in [0.4, 0.5) is 4.79 Å². The van der Waals surface area contributed by atoms with Crippen molar-refractivity contribution < 1.29 is 19.1 Å². The van der Waals surface area contributed by atoms with Crippen molar-refractivity contribution in [3.63, 3.8) is 0 Å². The van der Waals surface area contributed by atoms with Gasteiger partial charge in [-0.3, -0.25) is 9.59 Å². The van der Waals surface area contributed by atoms with E-state index in [9.17, 15) is 14.4 Å². The molecule has 3 amide bonds. The lowest BCUT2D eigenvalue weighted by molar-refractivity contribution is -0.143. The van der Waals surface area contributed by atoms with Gasteiger partial charge in [-0.2, -0.15) is 11.8 Å². The highest BCUT2D eigenvalue weighted by Gasteiger charge is 2.36. The van der Waals surface area contributed by atoms with Gasteiger partial charge in [0.2, 0.25) is 11.8 Å². The Morgan fingerprint density at radius 1 is 0.902 bits per heavy atom. The maximum atomic E-state index is 14.4. The number of ether oxygens (including phenoxy) is 1. The molecule has 0 heterocycles. The SMILES string of the molecule is CCCCCCCCN(C(=O)C(CCSC)NC(=O)OC(C)(C)C)C(C(=O)NC(C)CCC)c1cc(C)cc(C)c1. The smallest absolute Gasteiger partial charge is 0.408 e. The quantitative estimate of drug-likeness (QED) is 0.173. The van der Waals surface area contributed by atoms with Crippen LogP contribution in [0.2, 0.25) is 0 Å². The zero-order valence-electron chi connectivity index (χ0n) is 27.2. The van der Waals surface area contributed by atoms with Gasteiger partial charge in [-0.25, -0.2) is 4.79 Å². The lowest BCUT2D eigenvalue weighted by Crippen LogP contribution is -2.54. The molecule has 7 nitrogen and oxygen atoms in total. The molecule has 1 aromatic carbocycles. The van der Waals surface area contributed by atoms with Crippen LogP contribution in [0.5, 0.6) is 0 Å². The molecule has 0 saturated carbocycles. The summed E-state index contributed by atoms with van der Waals surface area (Å²) >= 11 is 1.62. The number of hydrogen-bond acceptors (Lipinski definition) is 5. The van der Waals surface area contributed by atoms with Crippen molar-refractivity contribution in [2.24, 2.45) is 0 Å². The van der Waals surface area contributed by atoms with Crippen molar-refractivity contribution in [1.82, 2.24) is 15.5 Å². The van der Waals surface area contributed by atoms with Gasteiger partial charge in [0.25, 0.3) is 0 Å². The molecule has 41 heavy (non-hydrogen) atoms. The molecule has 0 aliphatic heterocycles.